The van der Waals surface area contributed by atoms with Crippen molar-refractivity contribution in [3.8, 4) is 0 Å². The molecule has 0 aromatic heterocycles. The van der Waals surface area contributed by atoms with Crippen LogP contribution in [0, 0.1) is 0 Å². The molecule has 4 nitrogen and oxygen atoms in total. The van der Waals surface area contributed by atoms with E-state index >= 15 is 0 Å². The molecule has 2 rings (SSSR count). The van der Waals surface area contributed by atoms with Gasteiger partial charge in [0.1, 0.15) is 0 Å². The van der Waals surface area contributed by atoms with E-state index < -0.39 is 5.97 Å². The Bertz CT molecular complexity index is 436. The number of carbonyl (C=O) groups is 2. The summed E-state index contributed by atoms with van der Waals surface area (Å²) >= 11 is 0. The Labute approximate surface area is 99.6 Å². The smallest absolute Gasteiger partial charge is 0.336 e. The number of amides is 1. The molecule has 1 aromatic rings. The van der Waals surface area contributed by atoms with Crippen molar-refractivity contribution >= 4 is 11.9 Å². The zero-order chi connectivity index (χ0) is 12.3. The van der Waals surface area contributed by atoms with Crippen LogP contribution in [-0.2, 0) is 0 Å². The van der Waals surface area contributed by atoms with Crippen molar-refractivity contribution in [2.75, 3.05) is 0 Å². The Morgan fingerprint density at radius 3 is 2.29 bits per heavy atom. The van der Waals surface area contributed by atoms with Crippen LogP contribution in [0.3, 0.4) is 0 Å². The van der Waals surface area contributed by atoms with E-state index in [0.29, 0.717) is 0 Å². The predicted molar refractivity (Wildman–Crippen MR) is 63.1 cm³/mol. The van der Waals surface area contributed by atoms with E-state index in [4.69, 9.17) is 5.11 Å². The third-order valence-electron chi connectivity index (χ3n) is 3.09. The van der Waals surface area contributed by atoms with Crippen LogP contribution in [0.4, 0.5) is 0 Å². The maximum absolute atomic E-state index is 12.0. The molecule has 1 aromatic carbocycles. The minimum atomic E-state index is -1.07. The van der Waals surface area contributed by atoms with E-state index in [1.807, 2.05) is 0 Å². The van der Waals surface area contributed by atoms with Crippen molar-refractivity contribution in [2.45, 2.75) is 31.7 Å². The third kappa shape index (κ3) is 2.64. The summed E-state index contributed by atoms with van der Waals surface area (Å²) in [7, 11) is 0. The summed E-state index contributed by atoms with van der Waals surface area (Å²) < 4.78 is 0. The molecule has 0 radical (unpaired) electrons. The quantitative estimate of drug-likeness (QED) is 0.839. The summed E-state index contributed by atoms with van der Waals surface area (Å²) in [6, 6.07) is 6.50. The molecule has 2 N–H and O–H groups in total. The minimum Gasteiger partial charge on any atom is -0.478 e. The fourth-order valence-corrected chi connectivity index (χ4v) is 2.20. The first-order chi connectivity index (χ1) is 8.18. The molecule has 0 saturated heterocycles. The predicted octanol–water partition coefficient (Wildman–Crippen LogP) is 2.06. The maximum atomic E-state index is 12.0. The number of aromatic carboxylic acids is 1. The van der Waals surface area contributed by atoms with Crippen molar-refractivity contribution in [3.63, 3.8) is 0 Å². The number of carbonyl (C=O) groups excluding carboxylic acids is 1. The molecule has 1 aliphatic carbocycles. The summed E-state index contributed by atoms with van der Waals surface area (Å²) in [6.07, 6.45) is 4.24. The molecule has 1 saturated carbocycles. The maximum Gasteiger partial charge on any atom is 0.336 e. The summed E-state index contributed by atoms with van der Waals surface area (Å²) in [5.41, 5.74) is 0.301. The highest BCUT2D eigenvalue weighted by Crippen LogP contribution is 2.18. The molecular formula is C13H15NO3. The first-order valence-electron chi connectivity index (χ1n) is 5.81. The normalized spacial score (nSPS) is 15.8. The van der Waals surface area contributed by atoms with Crippen LogP contribution in [0.25, 0.3) is 0 Å². The minimum absolute atomic E-state index is 0.0583. The van der Waals surface area contributed by atoms with Gasteiger partial charge in [-0.1, -0.05) is 25.0 Å². The van der Waals surface area contributed by atoms with Gasteiger partial charge in [0.15, 0.2) is 0 Å². The molecular weight excluding hydrogens is 218 g/mol. The number of benzene rings is 1. The lowest BCUT2D eigenvalue weighted by atomic mass is 10.1. The van der Waals surface area contributed by atoms with Crippen LogP contribution in [0.5, 0.6) is 0 Å². The van der Waals surface area contributed by atoms with Gasteiger partial charge in [-0.3, -0.25) is 4.79 Å². The van der Waals surface area contributed by atoms with Crippen molar-refractivity contribution < 1.29 is 14.7 Å². The highest BCUT2D eigenvalue weighted by molar-refractivity contribution is 6.04. The second kappa shape index (κ2) is 4.99. The summed E-state index contributed by atoms with van der Waals surface area (Å²) in [6.45, 7) is 0. The number of carboxylic acid groups (broad SMARTS) is 1. The number of hydrogen-bond donors (Lipinski definition) is 2. The second-order valence-corrected chi connectivity index (χ2v) is 4.31. The largest absolute Gasteiger partial charge is 0.478 e. The third-order valence-corrected chi connectivity index (χ3v) is 3.09. The van der Waals surface area contributed by atoms with Crippen LogP contribution >= 0.6 is 0 Å². The topological polar surface area (TPSA) is 66.4 Å². The van der Waals surface area contributed by atoms with E-state index in [1.165, 1.54) is 6.07 Å². The van der Waals surface area contributed by atoms with E-state index in [-0.39, 0.29) is 23.1 Å². The van der Waals surface area contributed by atoms with Gasteiger partial charge in [-0.25, -0.2) is 4.79 Å². The number of hydrogen-bond acceptors (Lipinski definition) is 2. The summed E-state index contributed by atoms with van der Waals surface area (Å²) in [4.78, 5) is 22.9. The second-order valence-electron chi connectivity index (χ2n) is 4.31. The molecule has 0 aliphatic heterocycles. The van der Waals surface area contributed by atoms with Gasteiger partial charge in [-0.2, -0.15) is 0 Å². The Hall–Kier alpha value is -1.84. The molecule has 4 heteroatoms. The lowest BCUT2D eigenvalue weighted by Gasteiger charge is -2.12. The van der Waals surface area contributed by atoms with Crippen LogP contribution in [-0.4, -0.2) is 23.0 Å². The van der Waals surface area contributed by atoms with Gasteiger partial charge in [0.25, 0.3) is 5.91 Å². The highest BCUT2D eigenvalue weighted by Gasteiger charge is 2.21. The first kappa shape index (κ1) is 11.6. The molecule has 0 spiro atoms. The van der Waals surface area contributed by atoms with E-state index in [2.05, 4.69) is 5.32 Å². The average molecular weight is 233 g/mol. The van der Waals surface area contributed by atoms with E-state index in [0.717, 1.165) is 25.7 Å². The molecule has 0 unspecified atom stereocenters. The Kier molecular flexibility index (Phi) is 3.42. The van der Waals surface area contributed by atoms with Crippen LogP contribution in [0.2, 0.25) is 0 Å². The Balaban J connectivity index is 2.15. The number of nitrogens with one attached hydrogen (secondary N) is 1. The van der Waals surface area contributed by atoms with Crippen LogP contribution in [0.1, 0.15) is 46.4 Å². The van der Waals surface area contributed by atoms with Gasteiger partial charge in [0.05, 0.1) is 11.1 Å². The summed E-state index contributed by atoms with van der Waals surface area (Å²) in [5, 5.41) is 11.9. The zero-order valence-electron chi connectivity index (χ0n) is 9.48. The van der Waals surface area contributed by atoms with Gasteiger partial charge in [-0.15, -0.1) is 0 Å². The zero-order valence-corrected chi connectivity index (χ0v) is 9.48. The Morgan fingerprint density at radius 2 is 1.71 bits per heavy atom. The van der Waals surface area contributed by atoms with E-state index in [1.54, 1.807) is 18.2 Å². The monoisotopic (exact) mass is 233 g/mol. The molecule has 1 amide bonds. The van der Waals surface area contributed by atoms with Gasteiger partial charge >= 0.3 is 5.97 Å². The molecule has 90 valence electrons. The van der Waals surface area contributed by atoms with Crippen molar-refractivity contribution in [2.24, 2.45) is 0 Å². The summed E-state index contributed by atoms with van der Waals surface area (Å²) in [5.74, 6) is -1.35. The first-order valence-corrected chi connectivity index (χ1v) is 5.81. The fraction of sp³-hybridized carbons (Fsp3) is 0.385. The standard InChI is InChI=1S/C13H15NO3/c15-12(14-9-5-1-2-6-9)10-7-3-4-8-11(10)13(16)17/h3-4,7-9H,1-2,5-6H2,(H,14,15)(H,16,17). The van der Waals surface area contributed by atoms with Crippen LogP contribution in [0.15, 0.2) is 24.3 Å². The molecule has 17 heavy (non-hydrogen) atoms. The van der Waals surface area contributed by atoms with Gasteiger partial charge in [0, 0.05) is 6.04 Å². The molecule has 1 aliphatic rings. The van der Waals surface area contributed by atoms with Crippen molar-refractivity contribution in [1.82, 2.24) is 5.32 Å². The van der Waals surface area contributed by atoms with Crippen LogP contribution < -0.4 is 5.32 Å². The lowest BCUT2D eigenvalue weighted by molar-refractivity contribution is 0.0690. The Morgan fingerprint density at radius 1 is 1.12 bits per heavy atom. The average Bonchev–Trinajstić information content (AvgIpc) is 2.81. The van der Waals surface area contributed by atoms with Crippen molar-refractivity contribution in [1.29, 1.82) is 0 Å². The molecule has 1 fully saturated rings. The number of rotatable bonds is 3. The van der Waals surface area contributed by atoms with Crippen molar-refractivity contribution in [3.05, 3.63) is 35.4 Å². The van der Waals surface area contributed by atoms with Gasteiger partial charge < -0.3 is 10.4 Å². The molecule has 0 heterocycles. The molecule has 0 atom stereocenters. The number of carboxylic acids is 1. The SMILES string of the molecule is O=C(O)c1ccccc1C(=O)NC1CCCC1. The van der Waals surface area contributed by atoms with Gasteiger partial charge in [-0.05, 0) is 25.0 Å². The molecule has 0 bridgehead atoms. The lowest BCUT2D eigenvalue weighted by Crippen LogP contribution is -2.33. The van der Waals surface area contributed by atoms with Gasteiger partial charge in [0.2, 0.25) is 0 Å². The highest BCUT2D eigenvalue weighted by atomic mass is 16.4. The fourth-order valence-electron chi connectivity index (χ4n) is 2.20. The van der Waals surface area contributed by atoms with E-state index in [9.17, 15) is 9.59 Å².